The third kappa shape index (κ3) is 2.23. The molecule has 0 spiro atoms. The Bertz CT molecular complexity index is 691. The first-order chi connectivity index (χ1) is 8.50. The zero-order valence-corrected chi connectivity index (χ0v) is 9.67. The average molecular weight is 293 g/mol. The molecule has 10 nitrogen and oxygen atoms in total. The lowest BCUT2D eigenvalue weighted by atomic mass is 10.0. The van der Waals surface area contributed by atoms with Crippen molar-refractivity contribution >= 4 is 27.7 Å². The number of rotatable bonds is 3. The predicted octanol–water partition coefficient (Wildman–Crippen LogP) is -0.677. The number of carbonyl (C=O) groups is 2. The monoisotopic (exact) mass is 293 g/mol. The summed E-state index contributed by atoms with van der Waals surface area (Å²) in [4.78, 5) is 20.2. The zero-order chi connectivity index (χ0) is 15.1. The smallest absolute Gasteiger partial charge is 0.340 e. The Kier molecular flexibility index (Phi) is 3.28. The number of phenols is 2. The van der Waals surface area contributed by atoms with E-state index in [1.54, 1.807) is 0 Å². The summed E-state index contributed by atoms with van der Waals surface area (Å²) in [6, 6.07) is 0. The van der Waals surface area contributed by atoms with Crippen molar-refractivity contribution in [2.45, 2.75) is 4.90 Å². The maximum absolute atomic E-state index is 10.9. The van der Waals surface area contributed by atoms with Crippen molar-refractivity contribution in [1.82, 2.24) is 0 Å². The molecular formula is C8H7NO9S. The molecular weight excluding hydrogens is 286 g/mol. The highest BCUT2D eigenvalue weighted by Gasteiger charge is 2.34. The minimum absolute atomic E-state index is 1.18. The van der Waals surface area contributed by atoms with E-state index in [1.165, 1.54) is 0 Å². The molecule has 0 amide bonds. The van der Waals surface area contributed by atoms with Crippen LogP contribution in [0, 0.1) is 0 Å². The number of nitrogen functional groups attached to an aromatic ring is 1. The highest BCUT2D eigenvalue weighted by molar-refractivity contribution is 7.86. The molecule has 0 bridgehead atoms. The number of aromatic hydroxyl groups is 2. The van der Waals surface area contributed by atoms with Gasteiger partial charge in [0.25, 0.3) is 10.1 Å². The van der Waals surface area contributed by atoms with Gasteiger partial charge < -0.3 is 26.2 Å². The van der Waals surface area contributed by atoms with Gasteiger partial charge in [0.05, 0.1) is 0 Å². The van der Waals surface area contributed by atoms with Gasteiger partial charge in [0.1, 0.15) is 16.8 Å². The Labute approximate surface area is 105 Å². The van der Waals surface area contributed by atoms with E-state index < -0.39 is 55.3 Å². The molecule has 0 unspecified atom stereocenters. The van der Waals surface area contributed by atoms with Crippen molar-refractivity contribution in [1.29, 1.82) is 0 Å². The molecule has 104 valence electrons. The van der Waals surface area contributed by atoms with Crippen LogP contribution >= 0.6 is 0 Å². The van der Waals surface area contributed by atoms with Gasteiger partial charge >= 0.3 is 11.9 Å². The van der Waals surface area contributed by atoms with Gasteiger partial charge in [-0.25, -0.2) is 9.59 Å². The summed E-state index contributed by atoms with van der Waals surface area (Å²) in [5, 5.41) is 36.4. The Morgan fingerprint density at radius 3 is 1.63 bits per heavy atom. The molecule has 0 radical (unpaired) electrons. The number of hydrogen-bond donors (Lipinski definition) is 6. The van der Waals surface area contributed by atoms with Crippen LogP contribution in [0.15, 0.2) is 4.90 Å². The maximum Gasteiger partial charge on any atom is 0.340 e. The molecule has 19 heavy (non-hydrogen) atoms. The van der Waals surface area contributed by atoms with E-state index in [9.17, 15) is 28.2 Å². The number of anilines is 1. The predicted molar refractivity (Wildman–Crippen MR) is 57.9 cm³/mol. The molecule has 0 saturated carbocycles. The number of carboxylic acids is 2. The molecule has 0 aliphatic rings. The van der Waals surface area contributed by atoms with Gasteiger partial charge in [0.2, 0.25) is 0 Å². The fourth-order valence-electron chi connectivity index (χ4n) is 1.40. The van der Waals surface area contributed by atoms with Crippen molar-refractivity contribution in [3.8, 4) is 11.5 Å². The Morgan fingerprint density at radius 1 is 0.947 bits per heavy atom. The summed E-state index contributed by atoms with van der Waals surface area (Å²) in [6.45, 7) is 0. The van der Waals surface area contributed by atoms with Crippen molar-refractivity contribution in [3.63, 3.8) is 0 Å². The average Bonchev–Trinajstić information content (AvgIpc) is 2.19. The van der Waals surface area contributed by atoms with Crippen molar-refractivity contribution < 1.29 is 43.0 Å². The summed E-state index contributed by atoms with van der Waals surface area (Å²) in [5.41, 5.74) is 1.19. The van der Waals surface area contributed by atoms with Gasteiger partial charge in [-0.2, -0.15) is 8.42 Å². The van der Waals surface area contributed by atoms with Gasteiger partial charge in [-0.3, -0.25) is 4.55 Å². The number of aromatic carboxylic acids is 2. The quantitative estimate of drug-likeness (QED) is 0.180. The lowest BCUT2D eigenvalue weighted by molar-refractivity contribution is 0.0645. The molecule has 0 aromatic heterocycles. The third-order valence-electron chi connectivity index (χ3n) is 2.12. The second kappa shape index (κ2) is 4.29. The third-order valence-corrected chi connectivity index (χ3v) is 3.05. The first kappa shape index (κ1) is 14.5. The molecule has 1 rings (SSSR count). The van der Waals surface area contributed by atoms with Crippen LogP contribution in [-0.2, 0) is 10.1 Å². The van der Waals surface area contributed by atoms with Crippen LogP contribution in [0.5, 0.6) is 11.5 Å². The van der Waals surface area contributed by atoms with E-state index in [4.69, 9.17) is 20.5 Å². The fraction of sp³-hybridized carbons (Fsp3) is 0. The highest BCUT2D eigenvalue weighted by atomic mass is 32.2. The van der Waals surface area contributed by atoms with E-state index in [1.807, 2.05) is 0 Å². The maximum atomic E-state index is 10.9. The van der Waals surface area contributed by atoms with Crippen molar-refractivity contribution in [2.75, 3.05) is 5.73 Å². The Balaban J connectivity index is 4.07. The minimum Gasteiger partial charge on any atom is -0.505 e. The molecule has 0 fully saturated rings. The van der Waals surface area contributed by atoms with Crippen LogP contribution in [0.25, 0.3) is 0 Å². The molecule has 0 heterocycles. The lowest BCUT2D eigenvalue weighted by Gasteiger charge is -2.13. The topological polar surface area (TPSA) is 195 Å². The van der Waals surface area contributed by atoms with E-state index >= 15 is 0 Å². The molecule has 7 N–H and O–H groups in total. The number of hydrogen-bond acceptors (Lipinski definition) is 7. The minimum atomic E-state index is -5.18. The first-order valence-corrected chi connectivity index (χ1v) is 5.75. The van der Waals surface area contributed by atoms with Gasteiger partial charge in [-0.05, 0) is 0 Å². The summed E-state index contributed by atoms with van der Waals surface area (Å²) < 4.78 is 30.7. The normalized spacial score (nSPS) is 11.2. The van der Waals surface area contributed by atoms with Gasteiger partial charge in [0, 0.05) is 0 Å². The van der Waals surface area contributed by atoms with Crippen LogP contribution in [0.3, 0.4) is 0 Å². The number of carboxylic acid groups (broad SMARTS) is 2. The number of nitrogens with two attached hydrogens (primary N) is 1. The zero-order valence-electron chi connectivity index (χ0n) is 8.85. The van der Waals surface area contributed by atoms with Crippen LogP contribution in [0.2, 0.25) is 0 Å². The molecule has 0 aliphatic carbocycles. The SMILES string of the molecule is Nc1c(O)c(C(=O)O)c(C(=O)O)c(O)c1S(=O)(=O)O. The van der Waals surface area contributed by atoms with Crippen LogP contribution in [0.4, 0.5) is 5.69 Å². The molecule has 1 aromatic rings. The second-order valence-electron chi connectivity index (χ2n) is 3.28. The highest BCUT2D eigenvalue weighted by Crippen LogP contribution is 2.42. The standard InChI is InChI=1S/C8H7NO9S/c9-3-4(10)1(7(12)13)2(8(14)15)5(11)6(3)19(16,17)18/h10-11H,9H2,(H,12,13)(H,14,15)(H,16,17,18). The molecule has 1 aromatic carbocycles. The molecule has 0 atom stereocenters. The summed E-state index contributed by atoms with van der Waals surface area (Å²) in [7, 11) is -5.18. The van der Waals surface area contributed by atoms with Crippen molar-refractivity contribution in [2.24, 2.45) is 0 Å². The summed E-state index contributed by atoms with van der Waals surface area (Å²) in [5.74, 6) is -6.97. The second-order valence-corrected chi connectivity index (χ2v) is 4.63. The van der Waals surface area contributed by atoms with Gasteiger partial charge in [-0.1, -0.05) is 0 Å². The van der Waals surface area contributed by atoms with Gasteiger partial charge in [0.15, 0.2) is 16.4 Å². The van der Waals surface area contributed by atoms with E-state index in [0.29, 0.717) is 0 Å². The van der Waals surface area contributed by atoms with Crippen molar-refractivity contribution in [3.05, 3.63) is 11.1 Å². The number of benzene rings is 1. The summed E-state index contributed by atoms with van der Waals surface area (Å²) in [6.07, 6.45) is 0. The van der Waals surface area contributed by atoms with E-state index in [-0.39, 0.29) is 0 Å². The molecule has 0 aliphatic heterocycles. The lowest BCUT2D eigenvalue weighted by Crippen LogP contribution is -2.14. The summed E-state index contributed by atoms with van der Waals surface area (Å²) >= 11 is 0. The van der Waals surface area contributed by atoms with Crippen LogP contribution < -0.4 is 5.73 Å². The Morgan fingerprint density at radius 2 is 1.32 bits per heavy atom. The van der Waals surface area contributed by atoms with Crippen LogP contribution in [0.1, 0.15) is 20.7 Å². The molecule has 0 saturated heterocycles. The first-order valence-electron chi connectivity index (χ1n) is 4.31. The largest absolute Gasteiger partial charge is 0.505 e. The Hall–Kier alpha value is -2.53. The molecule has 11 heteroatoms. The van der Waals surface area contributed by atoms with Crippen LogP contribution in [-0.4, -0.2) is 45.3 Å². The fourth-order valence-corrected chi connectivity index (χ4v) is 2.12. The van der Waals surface area contributed by atoms with E-state index in [0.717, 1.165) is 0 Å². The van der Waals surface area contributed by atoms with Gasteiger partial charge in [-0.15, -0.1) is 0 Å². The van der Waals surface area contributed by atoms with E-state index in [2.05, 4.69) is 0 Å².